The number of thiazole rings is 1. The quantitative estimate of drug-likeness (QED) is 0.434. The highest BCUT2D eigenvalue weighted by molar-refractivity contribution is 7.14. The van der Waals surface area contributed by atoms with Gasteiger partial charge in [-0.2, -0.15) is 0 Å². The van der Waals surface area contributed by atoms with E-state index in [1.54, 1.807) is 42.1 Å². The fourth-order valence-electron chi connectivity index (χ4n) is 3.73. The summed E-state index contributed by atoms with van der Waals surface area (Å²) >= 11 is 1.56. The van der Waals surface area contributed by atoms with Crippen LogP contribution in [0, 0.1) is 6.92 Å². The van der Waals surface area contributed by atoms with Crippen LogP contribution < -0.4 is 15.5 Å². The van der Waals surface area contributed by atoms with E-state index in [1.165, 1.54) is 0 Å². The number of carbonyl (C=O) groups is 1. The third kappa shape index (κ3) is 5.05. The Morgan fingerprint density at radius 2 is 2.00 bits per heavy atom. The molecular weight excluding hydrogens is 448 g/mol. The first-order chi connectivity index (χ1) is 16.7. The number of nitrogens with zero attached hydrogens (tertiary/aromatic N) is 4. The first kappa shape index (κ1) is 22.0. The van der Waals surface area contributed by atoms with E-state index in [-0.39, 0.29) is 5.91 Å². The second-order valence-corrected chi connectivity index (χ2v) is 8.78. The molecular formula is C25H24N6O2S. The largest absolute Gasteiger partial charge is 0.365 e. The van der Waals surface area contributed by atoms with E-state index in [9.17, 15) is 4.79 Å². The minimum absolute atomic E-state index is 0.195. The Hall–Kier alpha value is -3.82. The van der Waals surface area contributed by atoms with Crippen LogP contribution in [-0.4, -0.2) is 46.8 Å². The molecule has 1 aliphatic heterocycles. The number of carbonyl (C=O) groups excluding carboxylic acids is 1. The average molecular weight is 473 g/mol. The molecule has 0 spiro atoms. The predicted molar refractivity (Wildman–Crippen MR) is 133 cm³/mol. The van der Waals surface area contributed by atoms with Crippen molar-refractivity contribution in [2.24, 2.45) is 0 Å². The van der Waals surface area contributed by atoms with Crippen LogP contribution in [-0.2, 0) is 4.74 Å². The number of nitrogens with one attached hydrogen (secondary N) is 2. The number of anilines is 3. The molecule has 4 heterocycles. The number of ether oxygens (including phenoxy) is 1. The maximum absolute atomic E-state index is 12.5. The highest BCUT2D eigenvalue weighted by Crippen LogP contribution is 2.30. The predicted octanol–water partition coefficient (Wildman–Crippen LogP) is 4.24. The Kier molecular flexibility index (Phi) is 6.46. The van der Waals surface area contributed by atoms with Crippen LogP contribution in [0.2, 0.25) is 0 Å². The molecule has 1 aliphatic rings. The Morgan fingerprint density at radius 1 is 1.15 bits per heavy atom. The lowest BCUT2D eigenvalue weighted by Crippen LogP contribution is -2.51. The van der Waals surface area contributed by atoms with Gasteiger partial charge >= 0.3 is 0 Å². The second-order valence-electron chi connectivity index (χ2n) is 7.92. The van der Waals surface area contributed by atoms with Crippen LogP contribution in [0.1, 0.15) is 15.9 Å². The molecule has 1 atom stereocenters. The molecule has 1 saturated heterocycles. The molecule has 172 valence electrons. The summed E-state index contributed by atoms with van der Waals surface area (Å²) in [6.07, 6.45) is 6.35. The van der Waals surface area contributed by atoms with E-state index >= 15 is 0 Å². The van der Waals surface area contributed by atoms with E-state index < -0.39 is 6.23 Å². The van der Waals surface area contributed by atoms with E-state index in [4.69, 9.17) is 9.72 Å². The highest BCUT2D eigenvalue weighted by atomic mass is 32.1. The molecule has 1 unspecified atom stereocenters. The van der Waals surface area contributed by atoms with Gasteiger partial charge in [-0.25, -0.2) is 4.98 Å². The molecule has 1 aromatic carbocycles. The maximum Gasteiger partial charge on any atom is 0.254 e. The molecule has 3 aromatic heterocycles. The van der Waals surface area contributed by atoms with Crippen molar-refractivity contribution < 1.29 is 9.53 Å². The van der Waals surface area contributed by atoms with Crippen molar-refractivity contribution >= 4 is 33.8 Å². The summed E-state index contributed by atoms with van der Waals surface area (Å²) in [5, 5.41) is 9.25. The maximum atomic E-state index is 12.5. The summed E-state index contributed by atoms with van der Waals surface area (Å²) < 4.78 is 5.79. The van der Waals surface area contributed by atoms with Crippen molar-refractivity contribution in [3.8, 4) is 11.3 Å². The number of pyridine rings is 2. The molecule has 0 bridgehead atoms. The van der Waals surface area contributed by atoms with E-state index in [2.05, 4.69) is 50.6 Å². The molecule has 2 N–H and O–H groups in total. The van der Waals surface area contributed by atoms with Crippen LogP contribution in [0.3, 0.4) is 0 Å². The Bertz CT molecular complexity index is 1260. The zero-order chi connectivity index (χ0) is 23.3. The van der Waals surface area contributed by atoms with Crippen molar-refractivity contribution in [3.05, 3.63) is 83.8 Å². The van der Waals surface area contributed by atoms with Gasteiger partial charge in [0.1, 0.15) is 6.23 Å². The summed E-state index contributed by atoms with van der Waals surface area (Å²) in [7, 11) is 0. The van der Waals surface area contributed by atoms with Gasteiger partial charge in [0.2, 0.25) is 0 Å². The minimum atomic E-state index is -0.403. The van der Waals surface area contributed by atoms with Gasteiger partial charge in [0.15, 0.2) is 5.13 Å². The lowest BCUT2D eigenvalue weighted by Gasteiger charge is -2.35. The molecule has 8 nitrogen and oxygen atoms in total. The van der Waals surface area contributed by atoms with Gasteiger partial charge in [-0.1, -0.05) is 6.07 Å². The molecule has 9 heteroatoms. The Labute approximate surface area is 201 Å². The third-order valence-corrected chi connectivity index (χ3v) is 6.33. The molecule has 1 amide bonds. The standard InChI is InChI=1S/C25H24N6O2S/c1-17-6-7-20(12-21(17)28-25-29-22(16-34-25)18-4-2-8-26-13-18)31-10-11-33-23(15-31)30-24(32)19-5-3-9-27-14-19/h2-9,12-14,16,23H,10-11,15H2,1H3,(H,28,29)(H,30,32). The van der Waals surface area contributed by atoms with Crippen molar-refractivity contribution in [1.82, 2.24) is 20.3 Å². The van der Waals surface area contributed by atoms with Crippen molar-refractivity contribution in [1.29, 1.82) is 0 Å². The number of benzene rings is 1. The molecule has 4 aromatic rings. The fourth-order valence-corrected chi connectivity index (χ4v) is 4.46. The number of aromatic nitrogens is 3. The van der Waals surface area contributed by atoms with Crippen molar-refractivity contribution in [2.45, 2.75) is 13.2 Å². The van der Waals surface area contributed by atoms with Crippen LogP contribution in [0.4, 0.5) is 16.5 Å². The van der Waals surface area contributed by atoms with Gasteiger partial charge in [0.25, 0.3) is 5.91 Å². The van der Waals surface area contributed by atoms with Gasteiger partial charge in [-0.3, -0.25) is 14.8 Å². The summed E-state index contributed by atoms with van der Waals surface area (Å²) in [6, 6.07) is 13.7. The lowest BCUT2D eigenvalue weighted by atomic mass is 10.1. The lowest BCUT2D eigenvalue weighted by molar-refractivity contribution is 0.0182. The van der Waals surface area contributed by atoms with E-state index in [0.717, 1.165) is 39.9 Å². The van der Waals surface area contributed by atoms with Crippen LogP contribution in [0.5, 0.6) is 0 Å². The summed E-state index contributed by atoms with van der Waals surface area (Å²) in [5.41, 5.74) is 5.57. The summed E-state index contributed by atoms with van der Waals surface area (Å²) in [6.45, 7) is 3.88. The van der Waals surface area contributed by atoms with Gasteiger partial charge in [-0.15, -0.1) is 11.3 Å². The van der Waals surface area contributed by atoms with Crippen LogP contribution >= 0.6 is 11.3 Å². The SMILES string of the molecule is Cc1ccc(N2CCOC(NC(=O)c3cccnc3)C2)cc1Nc1nc(-c2cccnc2)cs1. The fraction of sp³-hybridized carbons (Fsp3) is 0.200. The first-order valence-electron chi connectivity index (χ1n) is 11.0. The zero-order valence-electron chi connectivity index (χ0n) is 18.6. The average Bonchev–Trinajstić information content (AvgIpc) is 3.35. The number of amides is 1. The zero-order valence-corrected chi connectivity index (χ0v) is 19.5. The molecule has 0 aliphatic carbocycles. The van der Waals surface area contributed by atoms with Gasteiger partial charge in [0, 0.05) is 53.7 Å². The molecule has 1 fully saturated rings. The van der Waals surface area contributed by atoms with Gasteiger partial charge in [-0.05, 0) is 48.9 Å². The van der Waals surface area contributed by atoms with E-state index in [1.807, 2.05) is 23.7 Å². The first-order valence-corrected chi connectivity index (χ1v) is 11.8. The Morgan fingerprint density at radius 3 is 2.79 bits per heavy atom. The number of hydrogen-bond acceptors (Lipinski definition) is 8. The third-order valence-electron chi connectivity index (χ3n) is 5.57. The van der Waals surface area contributed by atoms with Crippen molar-refractivity contribution in [3.63, 3.8) is 0 Å². The molecule has 34 heavy (non-hydrogen) atoms. The second kappa shape index (κ2) is 9.98. The number of hydrogen-bond donors (Lipinski definition) is 2. The van der Waals surface area contributed by atoms with Crippen LogP contribution in [0.25, 0.3) is 11.3 Å². The minimum Gasteiger partial charge on any atom is -0.365 e. The summed E-state index contributed by atoms with van der Waals surface area (Å²) in [4.78, 5) is 27.6. The highest BCUT2D eigenvalue weighted by Gasteiger charge is 2.23. The van der Waals surface area contributed by atoms with Crippen molar-refractivity contribution in [2.75, 3.05) is 29.9 Å². The molecule has 5 rings (SSSR count). The topological polar surface area (TPSA) is 92.3 Å². The van der Waals surface area contributed by atoms with Gasteiger partial charge < -0.3 is 20.3 Å². The van der Waals surface area contributed by atoms with Crippen LogP contribution in [0.15, 0.2) is 72.6 Å². The van der Waals surface area contributed by atoms with E-state index in [0.29, 0.717) is 18.7 Å². The Balaban J connectivity index is 1.28. The smallest absolute Gasteiger partial charge is 0.254 e. The normalized spacial score (nSPS) is 15.7. The summed E-state index contributed by atoms with van der Waals surface area (Å²) in [5.74, 6) is -0.195. The number of rotatable bonds is 6. The van der Waals surface area contributed by atoms with Gasteiger partial charge in [0.05, 0.1) is 24.4 Å². The monoisotopic (exact) mass is 472 g/mol. The number of morpholine rings is 1. The molecule has 0 saturated carbocycles. The molecule has 0 radical (unpaired) electrons. The number of aryl methyl sites for hydroxylation is 1.